The average Bonchev–Trinajstić information content (AvgIpc) is 2.26. The Hall–Kier alpha value is -0.0300. The lowest BCUT2D eigenvalue weighted by atomic mass is 10.2. The molecule has 1 saturated heterocycles. The first-order chi connectivity index (χ1) is 5.50. The zero-order chi connectivity index (χ0) is 9.35. The SMILES string of the molecule is COC(=O)[C@]1(Cl)C[C@@H](Cl)CN1O. The van der Waals surface area contributed by atoms with Crippen molar-refractivity contribution in [1.29, 1.82) is 0 Å². The van der Waals surface area contributed by atoms with Gasteiger partial charge in [-0.15, -0.1) is 11.6 Å². The number of alkyl halides is 2. The number of methoxy groups -OCH3 is 1. The van der Waals surface area contributed by atoms with Gasteiger partial charge >= 0.3 is 5.97 Å². The topological polar surface area (TPSA) is 49.8 Å². The highest BCUT2D eigenvalue weighted by Crippen LogP contribution is 2.35. The molecule has 1 aliphatic heterocycles. The first-order valence-electron chi connectivity index (χ1n) is 3.38. The first-order valence-corrected chi connectivity index (χ1v) is 4.20. The number of hydroxylamine groups is 2. The molecular weight excluding hydrogens is 205 g/mol. The van der Waals surface area contributed by atoms with Crippen LogP contribution >= 0.6 is 23.2 Å². The molecule has 12 heavy (non-hydrogen) atoms. The van der Waals surface area contributed by atoms with Gasteiger partial charge in [-0.3, -0.25) is 0 Å². The maximum atomic E-state index is 11.1. The van der Waals surface area contributed by atoms with Crippen LogP contribution in [0.1, 0.15) is 6.42 Å². The van der Waals surface area contributed by atoms with Crippen LogP contribution in [0.15, 0.2) is 0 Å². The standard InChI is InChI=1S/C6H9Cl2NO3/c1-12-5(10)6(8)2-4(7)3-9(6)11/h4,11H,2-3H2,1H3/t4-,6+/m1/s1. The molecule has 70 valence electrons. The van der Waals surface area contributed by atoms with Gasteiger partial charge in [-0.1, -0.05) is 11.6 Å². The Labute approximate surface area is 79.9 Å². The van der Waals surface area contributed by atoms with Crippen molar-refractivity contribution in [1.82, 2.24) is 5.06 Å². The maximum Gasteiger partial charge on any atom is 0.344 e. The van der Waals surface area contributed by atoms with Crippen molar-refractivity contribution in [2.24, 2.45) is 0 Å². The van der Waals surface area contributed by atoms with Crippen molar-refractivity contribution in [2.75, 3.05) is 13.7 Å². The number of carbonyl (C=O) groups is 1. The molecule has 0 aliphatic carbocycles. The van der Waals surface area contributed by atoms with Crippen LogP contribution in [0.2, 0.25) is 0 Å². The van der Waals surface area contributed by atoms with Crippen molar-refractivity contribution in [3.63, 3.8) is 0 Å². The van der Waals surface area contributed by atoms with Gasteiger partial charge in [0.15, 0.2) is 0 Å². The number of carbonyl (C=O) groups excluding carboxylic acids is 1. The number of esters is 1. The Morgan fingerprint density at radius 2 is 2.42 bits per heavy atom. The third kappa shape index (κ3) is 1.52. The molecule has 4 nitrogen and oxygen atoms in total. The summed E-state index contributed by atoms with van der Waals surface area (Å²) < 4.78 is 4.42. The maximum absolute atomic E-state index is 11.1. The molecule has 1 aliphatic rings. The van der Waals surface area contributed by atoms with E-state index in [1.807, 2.05) is 0 Å². The van der Waals surface area contributed by atoms with Crippen molar-refractivity contribution in [3.05, 3.63) is 0 Å². The second kappa shape index (κ2) is 3.38. The Morgan fingerprint density at radius 1 is 1.83 bits per heavy atom. The van der Waals surface area contributed by atoms with Crippen molar-refractivity contribution in [2.45, 2.75) is 16.8 Å². The van der Waals surface area contributed by atoms with E-state index in [-0.39, 0.29) is 18.3 Å². The first kappa shape index (κ1) is 10.1. The molecule has 1 rings (SSSR count). The van der Waals surface area contributed by atoms with E-state index in [1.54, 1.807) is 0 Å². The van der Waals surface area contributed by atoms with Crippen molar-refractivity contribution in [3.8, 4) is 0 Å². The highest BCUT2D eigenvalue weighted by Gasteiger charge is 2.50. The fourth-order valence-corrected chi connectivity index (χ4v) is 1.91. The molecule has 0 unspecified atom stereocenters. The van der Waals surface area contributed by atoms with Gasteiger partial charge in [0.05, 0.1) is 12.5 Å². The summed E-state index contributed by atoms with van der Waals surface area (Å²) in [5.41, 5.74) is 0. The Bertz CT molecular complexity index is 201. The summed E-state index contributed by atoms with van der Waals surface area (Å²) in [4.78, 5) is 9.58. The molecule has 0 bridgehead atoms. The van der Waals surface area contributed by atoms with Crippen molar-refractivity contribution < 1.29 is 14.7 Å². The predicted molar refractivity (Wildman–Crippen MR) is 43.4 cm³/mol. The lowest BCUT2D eigenvalue weighted by molar-refractivity contribution is -0.171. The molecule has 0 aromatic rings. The molecule has 0 saturated carbocycles. The lowest BCUT2D eigenvalue weighted by Crippen LogP contribution is -2.44. The summed E-state index contributed by atoms with van der Waals surface area (Å²) in [6.45, 7) is 0.167. The number of ether oxygens (including phenoxy) is 1. The molecule has 1 N–H and O–H groups in total. The van der Waals surface area contributed by atoms with E-state index in [0.717, 1.165) is 0 Å². The second-order valence-corrected chi connectivity index (χ2v) is 3.88. The zero-order valence-electron chi connectivity index (χ0n) is 6.46. The van der Waals surface area contributed by atoms with Crippen LogP contribution in [0, 0.1) is 0 Å². The van der Waals surface area contributed by atoms with Crippen LogP contribution < -0.4 is 0 Å². The van der Waals surface area contributed by atoms with Crippen LogP contribution in [-0.4, -0.2) is 40.3 Å². The fraction of sp³-hybridized carbons (Fsp3) is 0.833. The van der Waals surface area contributed by atoms with Crippen molar-refractivity contribution >= 4 is 29.2 Å². The molecule has 0 radical (unpaired) electrons. The average molecular weight is 214 g/mol. The molecule has 0 aromatic heterocycles. The van der Waals surface area contributed by atoms with Gasteiger partial charge in [0.25, 0.3) is 0 Å². The summed E-state index contributed by atoms with van der Waals surface area (Å²) in [5, 5.41) is 9.62. The van der Waals surface area contributed by atoms with E-state index in [2.05, 4.69) is 4.74 Å². The molecule has 1 heterocycles. The van der Waals surface area contributed by atoms with E-state index in [9.17, 15) is 10.0 Å². The zero-order valence-corrected chi connectivity index (χ0v) is 7.97. The van der Waals surface area contributed by atoms with Crippen LogP contribution in [0.5, 0.6) is 0 Å². The largest absolute Gasteiger partial charge is 0.467 e. The van der Waals surface area contributed by atoms with E-state index in [4.69, 9.17) is 23.2 Å². The van der Waals surface area contributed by atoms with Gasteiger partial charge in [0.1, 0.15) is 0 Å². The summed E-state index contributed by atoms with van der Waals surface area (Å²) in [7, 11) is 1.21. The lowest BCUT2D eigenvalue weighted by Gasteiger charge is -2.23. The molecule has 6 heteroatoms. The van der Waals surface area contributed by atoms with Crippen LogP contribution in [0.25, 0.3) is 0 Å². The van der Waals surface area contributed by atoms with E-state index < -0.39 is 11.0 Å². The predicted octanol–water partition coefficient (Wildman–Crippen LogP) is 0.797. The van der Waals surface area contributed by atoms with Crippen LogP contribution in [0.3, 0.4) is 0 Å². The fourth-order valence-electron chi connectivity index (χ4n) is 1.14. The normalized spacial score (nSPS) is 36.8. The summed E-state index contributed by atoms with van der Waals surface area (Å²) in [6.07, 6.45) is 0.180. The third-order valence-electron chi connectivity index (χ3n) is 1.77. The van der Waals surface area contributed by atoms with Gasteiger partial charge in [-0.25, -0.2) is 4.79 Å². The second-order valence-electron chi connectivity index (χ2n) is 2.63. The van der Waals surface area contributed by atoms with E-state index in [1.165, 1.54) is 7.11 Å². The molecule has 1 fully saturated rings. The summed E-state index contributed by atoms with van der Waals surface area (Å²) in [6, 6.07) is 0. The third-order valence-corrected chi connectivity index (χ3v) is 2.57. The van der Waals surface area contributed by atoms with E-state index >= 15 is 0 Å². The van der Waals surface area contributed by atoms with Gasteiger partial charge < -0.3 is 9.94 Å². The minimum Gasteiger partial charge on any atom is -0.467 e. The smallest absolute Gasteiger partial charge is 0.344 e. The minimum absolute atomic E-state index is 0.167. The van der Waals surface area contributed by atoms with Gasteiger partial charge in [-0.2, -0.15) is 5.06 Å². The number of rotatable bonds is 1. The van der Waals surface area contributed by atoms with Crippen LogP contribution in [-0.2, 0) is 9.53 Å². The Morgan fingerprint density at radius 3 is 2.75 bits per heavy atom. The molecule has 0 aromatic carbocycles. The highest BCUT2D eigenvalue weighted by molar-refractivity contribution is 6.34. The Kier molecular flexibility index (Phi) is 2.83. The van der Waals surface area contributed by atoms with Gasteiger partial charge in [-0.05, 0) is 0 Å². The van der Waals surface area contributed by atoms with Gasteiger partial charge in [0.2, 0.25) is 5.00 Å². The monoisotopic (exact) mass is 213 g/mol. The molecular formula is C6H9Cl2NO3. The van der Waals surface area contributed by atoms with Gasteiger partial charge in [0, 0.05) is 13.0 Å². The summed E-state index contributed by atoms with van der Waals surface area (Å²) >= 11 is 11.5. The number of nitrogens with zero attached hydrogens (tertiary/aromatic N) is 1. The Balaban J connectivity index is 2.77. The summed E-state index contributed by atoms with van der Waals surface area (Å²) in [5.74, 6) is -0.685. The molecule has 0 spiro atoms. The quantitative estimate of drug-likeness (QED) is 0.398. The van der Waals surface area contributed by atoms with E-state index in [0.29, 0.717) is 5.06 Å². The minimum atomic E-state index is -1.50. The highest BCUT2D eigenvalue weighted by atomic mass is 35.5. The number of halogens is 2. The molecule has 2 atom stereocenters. The number of hydrogen-bond donors (Lipinski definition) is 1. The van der Waals surface area contributed by atoms with Crippen LogP contribution in [0.4, 0.5) is 0 Å². The number of hydrogen-bond acceptors (Lipinski definition) is 4. The molecule has 0 amide bonds.